The second kappa shape index (κ2) is 5.61. The van der Waals surface area contributed by atoms with Crippen molar-refractivity contribution in [2.75, 3.05) is 13.1 Å². The van der Waals surface area contributed by atoms with Gasteiger partial charge in [0.05, 0.1) is 0 Å². The van der Waals surface area contributed by atoms with Crippen LogP contribution in [0.2, 0.25) is 0 Å². The number of likely N-dealkylation sites (tertiary alicyclic amines) is 1. The quantitative estimate of drug-likeness (QED) is 0.769. The summed E-state index contributed by atoms with van der Waals surface area (Å²) in [5, 5.41) is 0. The largest absolute Gasteiger partial charge is 0.301 e. The molecule has 0 aliphatic carbocycles. The van der Waals surface area contributed by atoms with Gasteiger partial charge in [0.1, 0.15) is 5.69 Å². The summed E-state index contributed by atoms with van der Waals surface area (Å²) in [5.41, 5.74) is 1.69. The van der Waals surface area contributed by atoms with Crippen molar-refractivity contribution in [2.45, 2.75) is 45.6 Å². The molecule has 0 aromatic carbocycles. The first-order valence-electron chi connectivity index (χ1n) is 6.80. The minimum Gasteiger partial charge on any atom is -0.301 e. The number of aromatic nitrogens is 1. The highest BCUT2D eigenvalue weighted by molar-refractivity contribution is 5.92. The molecule has 0 N–H and O–H groups in total. The maximum Gasteiger partial charge on any atom is 0.178 e. The van der Waals surface area contributed by atoms with E-state index in [9.17, 15) is 4.79 Å². The minimum atomic E-state index is 0.0523. The van der Waals surface area contributed by atoms with Gasteiger partial charge in [0, 0.05) is 24.6 Å². The number of hydrogen-bond acceptors (Lipinski definition) is 3. The first kappa shape index (κ1) is 13.2. The fourth-order valence-electron chi connectivity index (χ4n) is 2.59. The third-order valence-corrected chi connectivity index (χ3v) is 3.81. The molecule has 3 nitrogen and oxygen atoms in total. The number of Topliss-reactive ketones (excluding diaryl/α,β-unsaturated/α-hetero) is 1. The van der Waals surface area contributed by atoms with Crippen LogP contribution in [0.25, 0.3) is 0 Å². The highest BCUT2D eigenvalue weighted by Crippen LogP contribution is 2.27. The minimum absolute atomic E-state index is 0.0523. The van der Waals surface area contributed by atoms with Crippen molar-refractivity contribution in [3.63, 3.8) is 0 Å². The summed E-state index contributed by atoms with van der Waals surface area (Å²) in [7, 11) is 0. The van der Waals surface area contributed by atoms with Gasteiger partial charge in [-0.05, 0) is 51.9 Å². The van der Waals surface area contributed by atoms with E-state index in [0.717, 1.165) is 31.6 Å². The third kappa shape index (κ3) is 2.96. The van der Waals surface area contributed by atoms with Crippen molar-refractivity contribution in [2.24, 2.45) is 0 Å². The van der Waals surface area contributed by atoms with E-state index in [4.69, 9.17) is 0 Å². The number of ketones is 1. The number of carbonyl (C=O) groups excluding carboxylic acids is 1. The summed E-state index contributed by atoms with van der Waals surface area (Å²) in [6, 6.07) is 6.44. The summed E-state index contributed by atoms with van der Waals surface area (Å²) < 4.78 is 0. The van der Waals surface area contributed by atoms with Gasteiger partial charge < -0.3 is 4.90 Å². The Kier molecular flexibility index (Phi) is 4.12. The van der Waals surface area contributed by atoms with Crippen LogP contribution >= 0.6 is 0 Å². The van der Waals surface area contributed by atoms with E-state index < -0.39 is 0 Å². The molecule has 1 aliphatic heterocycles. The Balaban J connectivity index is 2.05. The fourth-order valence-corrected chi connectivity index (χ4v) is 2.59. The van der Waals surface area contributed by atoms with Gasteiger partial charge in [-0.3, -0.25) is 4.79 Å². The zero-order valence-electron chi connectivity index (χ0n) is 11.5. The second-order valence-corrected chi connectivity index (χ2v) is 5.41. The van der Waals surface area contributed by atoms with Gasteiger partial charge in [-0.15, -0.1) is 0 Å². The van der Waals surface area contributed by atoms with Gasteiger partial charge in [-0.25, -0.2) is 4.98 Å². The van der Waals surface area contributed by atoms with Gasteiger partial charge in [-0.1, -0.05) is 6.07 Å². The van der Waals surface area contributed by atoms with Crippen molar-refractivity contribution in [1.82, 2.24) is 9.88 Å². The van der Waals surface area contributed by atoms with Crippen molar-refractivity contribution in [3.8, 4) is 0 Å². The van der Waals surface area contributed by atoms with Crippen molar-refractivity contribution >= 4 is 5.78 Å². The Morgan fingerprint density at radius 3 is 2.56 bits per heavy atom. The zero-order chi connectivity index (χ0) is 13.1. The van der Waals surface area contributed by atoms with E-state index in [0.29, 0.717) is 17.7 Å². The predicted molar refractivity (Wildman–Crippen MR) is 72.9 cm³/mol. The Hall–Kier alpha value is -1.22. The van der Waals surface area contributed by atoms with Crippen LogP contribution in [0.3, 0.4) is 0 Å². The molecule has 0 spiro atoms. The summed E-state index contributed by atoms with van der Waals surface area (Å²) in [5.74, 6) is 0.566. The SMILES string of the molecule is CC(=O)c1cccc(C2CCN(C(C)C)CC2)n1. The number of hydrogen-bond donors (Lipinski definition) is 0. The highest BCUT2D eigenvalue weighted by Gasteiger charge is 2.23. The molecule has 1 aromatic heterocycles. The van der Waals surface area contributed by atoms with Gasteiger partial charge in [0.25, 0.3) is 0 Å². The molecule has 0 bridgehead atoms. The van der Waals surface area contributed by atoms with E-state index in [1.54, 1.807) is 13.0 Å². The maximum absolute atomic E-state index is 11.4. The predicted octanol–water partition coefficient (Wildman–Crippen LogP) is 2.87. The molecule has 1 saturated heterocycles. The Bertz CT molecular complexity index is 420. The van der Waals surface area contributed by atoms with Crippen LogP contribution in [0.4, 0.5) is 0 Å². The molecule has 2 heterocycles. The van der Waals surface area contributed by atoms with Crippen LogP contribution in [0.1, 0.15) is 55.7 Å². The summed E-state index contributed by atoms with van der Waals surface area (Å²) in [6.45, 7) is 8.33. The average Bonchev–Trinajstić information content (AvgIpc) is 2.39. The monoisotopic (exact) mass is 246 g/mol. The van der Waals surface area contributed by atoms with Crippen molar-refractivity contribution in [3.05, 3.63) is 29.6 Å². The molecule has 1 fully saturated rings. The van der Waals surface area contributed by atoms with E-state index in [-0.39, 0.29) is 5.78 Å². The normalized spacial score (nSPS) is 18.2. The molecular weight excluding hydrogens is 224 g/mol. The van der Waals surface area contributed by atoms with E-state index in [1.807, 2.05) is 6.07 Å². The fraction of sp³-hybridized carbons (Fsp3) is 0.600. The molecule has 0 amide bonds. The number of nitrogens with zero attached hydrogens (tertiary/aromatic N) is 2. The van der Waals surface area contributed by atoms with E-state index in [2.05, 4.69) is 29.8 Å². The first-order valence-corrected chi connectivity index (χ1v) is 6.80. The lowest BCUT2D eigenvalue weighted by Crippen LogP contribution is -2.38. The molecule has 0 radical (unpaired) electrons. The summed E-state index contributed by atoms with van der Waals surface area (Å²) in [6.07, 6.45) is 2.29. The van der Waals surface area contributed by atoms with Crippen molar-refractivity contribution in [1.29, 1.82) is 0 Å². The highest BCUT2D eigenvalue weighted by atomic mass is 16.1. The average molecular weight is 246 g/mol. The van der Waals surface area contributed by atoms with Gasteiger partial charge in [0.15, 0.2) is 5.78 Å². The number of pyridine rings is 1. The maximum atomic E-state index is 11.4. The number of piperidine rings is 1. The van der Waals surface area contributed by atoms with E-state index in [1.165, 1.54) is 0 Å². The van der Waals surface area contributed by atoms with Crippen LogP contribution < -0.4 is 0 Å². The molecule has 2 rings (SSSR count). The number of carbonyl (C=O) groups is 1. The van der Waals surface area contributed by atoms with Gasteiger partial charge in [0.2, 0.25) is 0 Å². The zero-order valence-corrected chi connectivity index (χ0v) is 11.5. The van der Waals surface area contributed by atoms with Gasteiger partial charge >= 0.3 is 0 Å². The van der Waals surface area contributed by atoms with Crippen LogP contribution in [0, 0.1) is 0 Å². The summed E-state index contributed by atoms with van der Waals surface area (Å²) >= 11 is 0. The molecule has 1 aromatic rings. The molecular formula is C15H22N2O. The molecule has 0 unspecified atom stereocenters. The standard InChI is InChI=1S/C15H22N2O/c1-11(2)17-9-7-13(8-10-17)15-6-4-5-14(16-15)12(3)18/h4-6,11,13H,7-10H2,1-3H3. The van der Waals surface area contributed by atoms with Crippen LogP contribution in [-0.2, 0) is 0 Å². The summed E-state index contributed by atoms with van der Waals surface area (Å²) in [4.78, 5) is 18.4. The topological polar surface area (TPSA) is 33.2 Å². The lowest BCUT2D eigenvalue weighted by atomic mass is 9.92. The third-order valence-electron chi connectivity index (χ3n) is 3.81. The van der Waals surface area contributed by atoms with E-state index >= 15 is 0 Å². The Morgan fingerprint density at radius 1 is 1.33 bits per heavy atom. The molecule has 0 saturated carbocycles. The molecule has 98 valence electrons. The van der Waals surface area contributed by atoms with Crippen LogP contribution in [0.15, 0.2) is 18.2 Å². The lowest BCUT2D eigenvalue weighted by Gasteiger charge is -2.34. The lowest BCUT2D eigenvalue weighted by molar-refractivity contribution is 0.101. The number of rotatable bonds is 3. The van der Waals surface area contributed by atoms with Crippen LogP contribution in [0.5, 0.6) is 0 Å². The van der Waals surface area contributed by atoms with Gasteiger partial charge in [-0.2, -0.15) is 0 Å². The molecule has 1 aliphatic rings. The first-order chi connectivity index (χ1) is 8.58. The Labute approximate surface area is 109 Å². The van der Waals surface area contributed by atoms with Crippen molar-refractivity contribution < 1.29 is 4.79 Å². The second-order valence-electron chi connectivity index (χ2n) is 5.41. The Morgan fingerprint density at radius 2 is 2.00 bits per heavy atom. The molecule has 0 atom stereocenters. The van der Waals surface area contributed by atoms with Crippen LogP contribution in [-0.4, -0.2) is 34.8 Å². The smallest absolute Gasteiger partial charge is 0.178 e. The molecule has 3 heteroatoms. The molecule has 18 heavy (non-hydrogen) atoms.